The lowest BCUT2D eigenvalue weighted by Crippen LogP contribution is -2.55. The first kappa shape index (κ1) is 37.8. The van der Waals surface area contributed by atoms with Gasteiger partial charge in [-0.25, -0.2) is 0 Å². The Bertz CT molecular complexity index is 823. The second-order valence-electron chi connectivity index (χ2n) is 14.7. The van der Waals surface area contributed by atoms with Gasteiger partial charge in [-0.1, -0.05) is 76.2 Å². The van der Waals surface area contributed by atoms with Crippen molar-refractivity contribution in [3.8, 4) is 0 Å². The van der Waals surface area contributed by atoms with Gasteiger partial charge >= 0.3 is 17.9 Å². The molecular formula is C32H60O6S. The molecule has 0 N–H and O–H groups in total. The van der Waals surface area contributed by atoms with Crippen LogP contribution in [-0.4, -0.2) is 48.7 Å². The van der Waals surface area contributed by atoms with E-state index >= 15 is 0 Å². The Kier molecular flexibility index (Phi) is 13.6. The molecular weight excluding hydrogens is 512 g/mol. The maximum absolute atomic E-state index is 13.3. The summed E-state index contributed by atoms with van der Waals surface area (Å²) in [6.45, 7) is 29.4. The molecule has 0 aromatic heterocycles. The zero-order chi connectivity index (χ0) is 31.1. The molecule has 4 unspecified atom stereocenters. The van der Waals surface area contributed by atoms with Crippen molar-refractivity contribution in [1.29, 1.82) is 0 Å². The third-order valence-corrected chi connectivity index (χ3v) is 11.0. The Labute approximate surface area is 244 Å². The van der Waals surface area contributed by atoms with Crippen LogP contribution in [0.4, 0.5) is 0 Å². The molecule has 7 heteroatoms. The van der Waals surface area contributed by atoms with Crippen LogP contribution in [0.1, 0.15) is 123 Å². The van der Waals surface area contributed by atoms with Gasteiger partial charge in [-0.3, -0.25) is 14.4 Å². The van der Waals surface area contributed by atoms with Crippen molar-refractivity contribution in [3.05, 3.63) is 0 Å². The van der Waals surface area contributed by atoms with E-state index in [0.29, 0.717) is 5.75 Å². The number of ether oxygens (including phenoxy) is 3. The number of methoxy groups -OCH3 is 1. The van der Waals surface area contributed by atoms with E-state index in [1.807, 2.05) is 20.8 Å². The summed E-state index contributed by atoms with van der Waals surface area (Å²) in [6, 6.07) is 0. The molecule has 0 aromatic rings. The topological polar surface area (TPSA) is 78.9 Å². The van der Waals surface area contributed by atoms with Crippen LogP contribution in [0.5, 0.6) is 0 Å². The monoisotopic (exact) mass is 572 g/mol. The minimum absolute atomic E-state index is 0.0195. The molecule has 6 nitrogen and oxygen atoms in total. The van der Waals surface area contributed by atoms with Gasteiger partial charge in [0.1, 0.15) is 0 Å². The molecule has 0 spiro atoms. The van der Waals surface area contributed by atoms with E-state index in [-0.39, 0.29) is 59.7 Å². The number of thioether (sulfide) groups is 1. The highest BCUT2D eigenvalue weighted by Gasteiger charge is 2.57. The average molecular weight is 573 g/mol. The van der Waals surface area contributed by atoms with Crippen LogP contribution in [-0.2, 0) is 28.6 Å². The van der Waals surface area contributed by atoms with Gasteiger partial charge in [0.05, 0.1) is 37.6 Å². The summed E-state index contributed by atoms with van der Waals surface area (Å²) in [5, 5.41) is 0. The molecule has 0 aromatic carbocycles. The van der Waals surface area contributed by atoms with Gasteiger partial charge in [-0.15, -0.1) is 0 Å². The Hall–Kier alpha value is -1.24. The predicted octanol–water partition coefficient (Wildman–Crippen LogP) is 8.11. The first-order chi connectivity index (χ1) is 17.5. The summed E-state index contributed by atoms with van der Waals surface area (Å²) in [5.41, 5.74) is -1.93. The van der Waals surface area contributed by atoms with Crippen molar-refractivity contribution in [2.75, 3.05) is 26.1 Å². The van der Waals surface area contributed by atoms with Crippen LogP contribution in [0.15, 0.2) is 0 Å². The van der Waals surface area contributed by atoms with Crippen LogP contribution in [0.3, 0.4) is 0 Å². The van der Waals surface area contributed by atoms with E-state index < -0.39 is 15.6 Å². The van der Waals surface area contributed by atoms with Crippen molar-refractivity contribution < 1.29 is 28.6 Å². The first-order valence-corrected chi connectivity index (χ1v) is 15.5. The third kappa shape index (κ3) is 9.39. The summed E-state index contributed by atoms with van der Waals surface area (Å²) in [5.74, 6) is -0.297. The van der Waals surface area contributed by atoms with Gasteiger partial charge in [0.25, 0.3) is 0 Å². The molecule has 4 atom stereocenters. The second kappa shape index (κ2) is 14.1. The lowest BCUT2D eigenvalue weighted by Gasteiger charge is -2.51. The number of carbonyl (C=O) groups is 3. The summed E-state index contributed by atoms with van der Waals surface area (Å²) < 4.78 is 16.1. The molecule has 0 amide bonds. The Balaban J connectivity index is 5.07. The molecule has 0 saturated heterocycles. The fraction of sp³-hybridized carbons (Fsp3) is 0.906. The summed E-state index contributed by atoms with van der Waals surface area (Å²) in [6.07, 6.45) is 2.58. The van der Waals surface area contributed by atoms with Crippen LogP contribution in [0.2, 0.25) is 0 Å². The van der Waals surface area contributed by atoms with Gasteiger partial charge in [0.15, 0.2) is 0 Å². The highest BCUT2D eigenvalue weighted by atomic mass is 32.2. The highest BCUT2D eigenvalue weighted by Crippen LogP contribution is 2.55. The van der Waals surface area contributed by atoms with Gasteiger partial charge < -0.3 is 14.2 Å². The molecule has 0 saturated carbocycles. The molecule has 0 rings (SSSR count). The standard InChI is InChI=1S/C32H60O6S/c1-16-29(10,11)30(12,22-27(4,5)6)25(34)38-21-23(3)20-37-24(33)18-19-39-31(13,17-2)32(14,26(35)36-15)28(7,8)9/h23H,16-22H2,1-15H3. The molecule has 0 radical (unpaired) electrons. The molecule has 39 heavy (non-hydrogen) atoms. The molecule has 0 aliphatic heterocycles. The minimum atomic E-state index is -0.746. The van der Waals surface area contributed by atoms with E-state index in [1.165, 1.54) is 7.11 Å². The third-order valence-electron chi connectivity index (χ3n) is 9.29. The van der Waals surface area contributed by atoms with E-state index in [0.717, 1.165) is 19.3 Å². The largest absolute Gasteiger partial charge is 0.469 e. The van der Waals surface area contributed by atoms with Crippen LogP contribution in [0.25, 0.3) is 0 Å². The van der Waals surface area contributed by atoms with Crippen molar-refractivity contribution >= 4 is 29.7 Å². The van der Waals surface area contributed by atoms with Gasteiger partial charge in [0.2, 0.25) is 0 Å². The fourth-order valence-electron chi connectivity index (χ4n) is 5.25. The summed E-state index contributed by atoms with van der Waals surface area (Å²) in [4.78, 5) is 38.8. The smallest absolute Gasteiger partial charge is 0.313 e. The number of carbonyl (C=O) groups excluding carboxylic acids is 3. The lowest BCUT2D eigenvalue weighted by molar-refractivity contribution is -0.168. The zero-order valence-electron chi connectivity index (χ0n) is 27.9. The average Bonchev–Trinajstić information content (AvgIpc) is 2.82. The van der Waals surface area contributed by atoms with E-state index in [2.05, 4.69) is 76.2 Å². The Morgan fingerprint density at radius 2 is 1.28 bits per heavy atom. The fourth-order valence-corrected chi connectivity index (χ4v) is 6.85. The molecule has 0 aliphatic carbocycles. The van der Waals surface area contributed by atoms with E-state index in [9.17, 15) is 14.4 Å². The Morgan fingerprint density at radius 1 is 0.769 bits per heavy atom. The quantitative estimate of drug-likeness (QED) is 0.145. The molecule has 230 valence electrons. The molecule has 0 heterocycles. The first-order valence-electron chi connectivity index (χ1n) is 14.5. The van der Waals surface area contributed by atoms with Crippen LogP contribution >= 0.6 is 11.8 Å². The molecule has 0 fully saturated rings. The molecule has 0 bridgehead atoms. The van der Waals surface area contributed by atoms with Gasteiger partial charge in [-0.2, -0.15) is 11.8 Å². The van der Waals surface area contributed by atoms with Crippen LogP contribution in [0, 0.1) is 33.0 Å². The van der Waals surface area contributed by atoms with Crippen molar-refractivity contribution in [1.82, 2.24) is 0 Å². The highest BCUT2D eigenvalue weighted by molar-refractivity contribution is 8.00. The lowest BCUT2D eigenvalue weighted by atomic mass is 9.59. The van der Waals surface area contributed by atoms with Crippen molar-refractivity contribution in [3.63, 3.8) is 0 Å². The second-order valence-corrected chi connectivity index (χ2v) is 16.3. The van der Waals surface area contributed by atoms with Crippen molar-refractivity contribution in [2.45, 2.75) is 127 Å². The Morgan fingerprint density at radius 3 is 1.69 bits per heavy atom. The van der Waals surface area contributed by atoms with Gasteiger partial charge in [-0.05, 0) is 56.3 Å². The summed E-state index contributed by atoms with van der Waals surface area (Å²) >= 11 is 1.62. The minimum Gasteiger partial charge on any atom is -0.469 e. The van der Waals surface area contributed by atoms with E-state index in [4.69, 9.17) is 14.2 Å². The number of hydrogen-bond donors (Lipinski definition) is 0. The number of hydrogen-bond acceptors (Lipinski definition) is 7. The molecule has 0 aliphatic rings. The normalized spacial score (nSPS) is 18.2. The van der Waals surface area contributed by atoms with Gasteiger partial charge in [0, 0.05) is 16.4 Å². The predicted molar refractivity (Wildman–Crippen MR) is 163 cm³/mol. The van der Waals surface area contributed by atoms with Crippen molar-refractivity contribution in [2.24, 2.45) is 33.0 Å². The van der Waals surface area contributed by atoms with Crippen LogP contribution < -0.4 is 0 Å². The maximum Gasteiger partial charge on any atom is 0.313 e. The maximum atomic E-state index is 13.3. The SMILES string of the molecule is CCC(C)(C)C(C)(CC(C)(C)C)C(=O)OCC(C)COC(=O)CCSC(C)(CC)C(C)(C(=O)OC)C(C)(C)C. The zero-order valence-corrected chi connectivity index (χ0v) is 28.7. The summed E-state index contributed by atoms with van der Waals surface area (Å²) in [7, 11) is 1.43. The van der Waals surface area contributed by atoms with E-state index in [1.54, 1.807) is 11.8 Å². The number of rotatable bonds is 15. The number of esters is 3.